The first-order chi connectivity index (χ1) is 11.9. The fraction of sp³-hybridized carbons (Fsp3) is 0.526. The Kier molecular flexibility index (Phi) is 4.43. The molecular formula is C19H24N4O. The van der Waals surface area contributed by atoms with Crippen molar-refractivity contribution in [3.8, 4) is 11.4 Å². The molecule has 126 valence electrons. The van der Waals surface area contributed by atoms with Crippen LogP contribution in [0.15, 0.2) is 24.5 Å². The zero-order chi connectivity index (χ0) is 16.4. The van der Waals surface area contributed by atoms with Gasteiger partial charge in [-0.15, -0.1) is 0 Å². The van der Waals surface area contributed by atoms with Crippen LogP contribution in [0.25, 0.3) is 11.4 Å². The van der Waals surface area contributed by atoms with E-state index in [4.69, 9.17) is 9.97 Å². The average Bonchev–Trinajstić information content (AvgIpc) is 2.68. The number of pyridine rings is 1. The molecule has 24 heavy (non-hydrogen) atoms. The van der Waals surface area contributed by atoms with Crippen molar-refractivity contribution in [3.05, 3.63) is 35.8 Å². The van der Waals surface area contributed by atoms with Crippen molar-refractivity contribution >= 4 is 5.82 Å². The Labute approximate surface area is 142 Å². The van der Waals surface area contributed by atoms with Crippen molar-refractivity contribution < 1.29 is 5.11 Å². The lowest BCUT2D eigenvalue weighted by atomic mass is 9.94. The molecule has 1 unspecified atom stereocenters. The second-order valence-electron chi connectivity index (χ2n) is 6.76. The molecule has 0 aromatic carbocycles. The van der Waals surface area contributed by atoms with Gasteiger partial charge in [-0.3, -0.25) is 4.98 Å². The highest BCUT2D eigenvalue weighted by Gasteiger charge is 2.28. The minimum absolute atomic E-state index is 0.185. The summed E-state index contributed by atoms with van der Waals surface area (Å²) >= 11 is 0. The van der Waals surface area contributed by atoms with Crippen LogP contribution in [0.1, 0.15) is 43.4 Å². The van der Waals surface area contributed by atoms with Crippen LogP contribution >= 0.6 is 0 Å². The predicted octanol–water partition coefficient (Wildman–Crippen LogP) is 2.77. The molecule has 0 saturated carbocycles. The number of aryl methyl sites for hydroxylation is 1. The van der Waals surface area contributed by atoms with Crippen LogP contribution in [-0.2, 0) is 12.8 Å². The number of rotatable bonds is 3. The number of hydrogen-bond acceptors (Lipinski definition) is 5. The van der Waals surface area contributed by atoms with Gasteiger partial charge in [-0.1, -0.05) is 0 Å². The molecule has 1 N–H and O–H groups in total. The number of piperidine rings is 1. The van der Waals surface area contributed by atoms with E-state index in [2.05, 4.69) is 9.88 Å². The van der Waals surface area contributed by atoms with Crippen molar-refractivity contribution in [1.29, 1.82) is 0 Å². The number of hydrogen-bond donors (Lipinski definition) is 1. The fourth-order valence-corrected chi connectivity index (χ4v) is 3.91. The molecule has 0 bridgehead atoms. The van der Waals surface area contributed by atoms with Crippen LogP contribution in [0.5, 0.6) is 0 Å². The number of aliphatic hydroxyl groups excluding tert-OH is 1. The third kappa shape index (κ3) is 2.88. The molecular weight excluding hydrogens is 300 g/mol. The molecule has 1 aliphatic heterocycles. The molecule has 0 radical (unpaired) electrons. The van der Waals surface area contributed by atoms with Crippen molar-refractivity contribution in [2.45, 2.75) is 51.0 Å². The lowest BCUT2D eigenvalue weighted by molar-refractivity contribution is 0.239. The highest BCUT2D eigenvalue weighted by molar-refractivity contribution is 5.61. The fourth-order valence-electron chi connectivity index (χ4n) is 3.91. The molecule has 2 aromatic rings. The number of nitrogens with zero attached hydrogens (tertiary/aromatic N) is 4. The molecule has 2 aromatic heterocycles. The molecule has 0 spiro atoms. The Morgan fingerprint density at radius 3 is 2.71 bits per heavy atom. The zero-order valence-electron chi connectivity index (χ0n) is 14.0. The van der Waals surface area contributed by atoms with Crippen LogP contribution in [0, 0.1) is 0 Å². The van der Waals surface area contributed by atoms with E-state index in [0.717, 1.165) is 43.0 Å². The molecule has 2 aliphatic rings. The normalized spacial score (nSPS) is 20.7. The van der Waals surface area contributed by atoms with Gasteiger partial charge in [0.05, 0.1) is 12.6 Å². The molecule has 1 aliphatic carbocycles. The van der Waals surface area contributed by atoms with Crippen molar-refractivity contribution in [2.24, 2.45) is 0 Å². The average molecular weight is 324 g/mol. The van der Waals surface area contributed by atoms with E-state index in [1.54, 1.807) is 12.4 Å². The summed E-state index contributed by atoms with van der Waals surface area (Å²) in [5, 5.41) is 9.82. The second kappa shape index (κ2) is 6.85. The van der Waals surface area contributed by atoms with Crippen LogP contribution in [-0.4, -0.2) is 39.3 Å². The van der Waals surface area contributed by atoms with Gasteiger partial charge in [0.1, 0.15) is 5.82 Å². The van der Waals surface area contributed by atoms with Crippen LogP contribution in [0.4, 0.5) is 5.82 Å². The Morgan fingerprint density at radius 1 is 1.04 bits per heavy atom. The number of anilines is 1. The van der Waals surface area contributed by atoms with E-state index >= 15 is 0 Å². The third-order valence-corrected chi connectivity index (χ3v) is 5.21. The number of fused-ring (bicyclic) bond motifs is 1. The highest BCUT2D eigenvalue weighted by Crippen LogP contribution is 2.33. The molecule has 4 rings (SSSR count). The maximum absolute atomic E-state index is 9.82. The summed E-state index contributed by atoms with van der Waals surface area (Å²) in [6.07, 6.45) is 11.4. The maximum Gasteiger partial charge on any atom is 0.161 e. The second-order valence-corrected chi connectivity index (χ2v) is 6.76. The van der Waals surface area contributed by atoms with Gasteiger partial charge in [-0.2, -0.15) is 0 Å². The zero-order valence-corrected chi connectivity index (χ0v) is 14.0. The van der Waals surface area contributed by atoms with Crippen LogP contribution in [0.2, 0.25) is 0 Å². The summed E-state index contributed by atoms with van der Waals surface area (Å²) in [6, 6.07) is 4.12. The Hall–Kier alpha value is -2.01. The lowest BCUT2D eigenvalue weighted by Crippen LogP contribution is -2.43. The highest BCUT2D eigenvalue weighted by atomic mass is 16.3. The van der Waals surface area contributed by atoms with E-state index < -0.39 is 0 Å². The van der Waals surface area contributed by atoms with Gasteiger partial charge in [-0.25, -0.2) is 9.97 Å². The first-order valence-electron chi connectivity index (χ1n) is 9.04. The van der Waals surface area contributed by atoms with Crippen LogP contribution < -0.4 is 4.90 Å². The topological polar surface area (TPSA) is 62.1 Å². The van der Waals surface area contributed by atoms with Gasteiger partial charge in [-0.05, 0) is 57.1 Å². The van der Waals surface area contributed by atoms with Gasteiger partial charge in [0.2, 0.25) is 0 Å². The first kappa shape index (κ1) is 15.5. The number of aromatic nitrogens is 3. The molecule has 1 fully saturated rings. The first-order valence-corrected chi connectivity index (χ1v) is 9.04. The molecule has 1 saturated heterocycles. The summed E-state index contributed by atoms with van der Waals surface area (Å²) in [5.74, 6) is 1.85. The molecule has 1 atom stereocenters. The summed E-state index contributed by atoms with van der Waals surface area (Å²) < 4.78 is 0. The Morgan fingerprint density at radius 2 is 1.88 bits per heavy atom. The molecule has 3 heterocycles. The SMILES string of the molecule is OCC1CCCCN1c1nc(-c2ccncc2)nc2c1CCCC2. The Bertz CT molecular complexity index is 704. The van der Waals surface area contributed by atoms with E-state index in [-0.39, 0.29) is 12.6 Å². The molecule has 5 nitrogen and oxygen atoms in total. The van der Waals surface area contributed by atoms with Crippen molar-refractivity contribution in [3.63, 3.8) is 0 Å². The van der Waals surface area contributed by atoms with Gasteiger partial charge < -0.3 is 10.0 Å². The standard InChI is InChI=1S/C19H24N4O/c24-13-15-5-3-4-12-23(15)19-16-6-1-2-7-17(16)21-18(22-19)14-8-10-20-11-9-14/h8-11,15,24H,1-7,12-13H2. The van der Waals surface area contributed by atoms with E-state index in [1.807, 2.05) is 12.1 Å². The lowest BCUT2D eigenvalue weighted by Gasteiger charge is -2.37. The number of aliphatic hydroxyl groups is 1. The summed E-state index contributed by atoms with van der Waals surface area (Å²) in [4.78, 5) is 16.2. The Balaban J connectivity index is 1.82. The largest absolute Gasteiger partial charge is 0.394 e. The van der Waals surface area contributed by atoms with Gasteiger partial charge >= 0.3 is 0 Å². The van der Waals surface area contributed by atoms with Crippen LogP contribution in [0.3, 0.4) is 0 Å². The van der Waals surface area contributed by atoms with E-state index in [9.17, 15) is 5.11 Å². The summed E-state index contributed by atoms with van der Waals surface area (Å²) in [5.41, 5.74) is 3.51. The predicted molar refractivity (Wildman–Crippen MR) is 94.0 cm³/mol. The summed E-state index contributed by atoms with van der Waals surface area (Å²) in [7, 11) is 0. The monoisotopic (exact) mass is 324 g/mol. The van der Waals surface area contributed by atoms with Gasteiger partial charge in [0.15, 0.2) is 5.82 Å². The quantitative estimate of drug-likeness (QED) is 0.940. The van der Waals surface area contributed by atoms with E-state index in [0.29, 0.717) is 0 Å². The smallest absolute Gasteiger partial charge is 0.161 e. The molecule has 0 amide bonds. The van der Waals surface area contributed by atoms with Crippen molar-refractivity contribution in [1.82, 2.24) is 15.0 Å². The minimum atomic E-state index is 0.185. The van der Waals surface area contributed by atoms with Gasteiger partial charge in [0, 0.05) is 35.8 Å². The van der Waals surface area contributed by atoms with E-state index in [1.165, 1.54) is 36.9 Å². The van der Waals surface area contributed by atoms with Gasteiger partial charge in [0.25, 0.3) is 0 Å². The molecule has 5 heteroatoms. The summed E-state index contributed by atoms with van der Waals surface area (Å²) in [6.45, 7) is 1.17. The maximum atomic E-state index is 9.82. The van der Waals surface area contributed by atoms with Crippen molar-refractivity contribution in [2.75, 3.05) is 18.1 Å². The minimum Gasteiger partial charge on any atom is -0.394 e. The third-order valence-electron chi connectivity index (χ3n) is 5.21.